The Balaban J connectivity index is 2.02. The molecule has 0 heterocycles. The zero-order chi connectivity index (χ0) is 15.2. The Morgan fingerprint density at radius 1 is 0.905 bits per heavy atom. The van der Waals surface area contributed by atoms with Crippen LogP contribution in [0.15, 0.2) is 42.5 Å². The van der Waals surface area contributed by atoms with E-state index in [0.29, 0.717) is 10.0 Å². The van der Waals surface area contributed by atoms with Gasteiger partial charge < -0.3 is 0 Å². The summed E-state index contributed by atoms with van der Waals surface area (Å²) in [5.41, 5.74) is 3.61. The lowest BCUT2D eigenvalue weighted by molar-refractivity contribution is 0.794. The molecule has 0 aliphatic heterocycles. The number of hydrogen-bond donors (Lipinski definition) is 0. The molecule has 0 fully saturated rings. The second kappa shape index (κ2) is 8.08. The molecule has 0 aliphatic carbocycles. The number of aryl methyl sites for hydroxylation is 1. The van der Waals surface area contributed by atoms with Crippen molar-refractivity contribution in [1.29, 1.82) is 0 Å². The number of unbranched alkanes of at least 4 members (excludes halogenated alkanes) is 1. The molecule has 0 saturated heterocycles. The number of benzene rings is 2. The third-order valence-corrected chi connectivity index (χ3v) is 4.70. The molecule has 1 atom stereocenters. The first kappa shape index (κ1) is 16.7. The average molecular weight is 342 g/mol. The lowest BCUT2D eigenvalue weighted by atomic mass is 10.0. The van der Waals surface area contributed by atoms with Gasteiger partial charge in [-0.05, 0) is 48.1 Å². The highest BCUT2D eigenvalue weighted by Gasteiger charge is 2.10. The van der Waals surface area contributed by atoms with Gasteiger partial charge in [-0.15, -0.1) is 11.6 Å². The summed E-state index contributed by atoms with van der Waals surface area (Å²) in [6, 6.07) is 14.3. The Bertz CT molecular complexity index is 576. The Hall–Kier alpha value is -0.690. The number of rotatable bonds is 6. The van der Waals surface area contributed by atoms with E-state index in [4.69, 9.17) is 34.8 Å². The van der Waals surface area contributed by atoms with Crippen LogP contribution in [0.4, 0.5) is 0 Å². The van der Waals surface area contributed by atoms with E-state index in [1.165, 1.54) is 18.4 Å². The Labute approximate surface area is 142 Å². The van der Waals surface area contributed by atoms with Gasteiger partial charge in [0.1, 0.15) is 0 Å². The summed E-state index contributed by atoms with van der Waals surface area (Å²) < 4.78 is 0. The summed E-state index contributed by atoms with van der Waals surface area (Å²) in [5, 5.41) is 1.10. The van der Waals surface area contributed by atoms with E-state index in [2.05, 4.69) is 31.2 Å². The van der Waals surface area contributed by atoms with Gasteiger partial charge in [0.25, 0.3) is 0 Å². The van der Waals surface area contributed by atoms with Crippen LogP contribution in [0.1, 0.15) is 41.8 Å². The molecule has 2 aromatic rings. The Kier molecular flexibility index (Phi) is 6.41. The van der Waals surface area contributed by atoms with E-state index in [1.54, 1.807) is 0 Å². The van der Waals surface area contributed by atoms with Gasteiger partial charge >= 0.3 is 0 Å². The summed E-state index contributed by atoms with van der Waals surface area (Å²) in [6.45, 7) is 2.21. The molecule has 2 rings (SSSR count). The van der Waals surface area contributed by atoms with Crippen molar-refractivity contribution in [1.82, 2.24) is 0 Å². The largest absolute Gasteiger partial charge is 0.117 e. The predicted octanol–water partition coefficient (Wildman–Crippen LogP) is 6.86. The van der Waals surface area contributed by atoms with Crippen LogP contribution < -0.4 is 0 Å². The predicted molar refractivity (Wildman–Crippen MR) is 93.8 cm³/mol. The zero-order valence-electron chi connectivity index (χ0n) is 12.1. The molecule has 0 nitrogen and oxygen atoms in total. The summed E-state index contributed by atoms with van der Waals surface area (Å²) in [6.07, 6.45) is 4.33. The summed E-state index contributed by atoms with van der Waals surface area (Å²) in [5.74, 6) is 0. The third-order valence-electron chi connectivity index (χ3n) is 3.56. The van der Waals surface area contributed by atoms with Crippen LogP contribution in [0.5, 0.6) is 0 Å². The van der Waals surface area contributed by atoms with E-state index < -0.39 is 0 Å². The van der Waals surface area contributed by atoms with Crippen LogP contribution in [0.2, 0.25) is 10.0 Å². The third kappa shape index (κ3) is 4.92. The Morgan fingerprint density at radius 2 is 1.57 bits per heavy atom. The quantitative estimate of drug-likeness (QED) is 0.503. The standard InChI is InChI=1S/C18H19Cl3/c1-2-3-4-13-5-8-15(9-6-13)17(20)11-14-7-10-16(19)18(21)12-14/h5-10,12,17H,2-4,11H2,1H3. The number of halogens is 3. The minimum absolute atomic E-state index is 0.0533. The molecule has 0 saturated carbocycles. The second-order valence-corrected chi connectivity index (χ2v) is 6.61. The SMILES string of the molecule is CCCCc1ccc(C(Cl)Cc2ccc(Cl)c(Cl)c2)cc1. The van der Waals surface area contributed by atoms with Crippen molar-refractivity contribution in [2.45, 2.75) is 38.0 Å². The van der Waals surface area contributed by atoms with Crippen LogP contribution in [0.25, 0.3) is 0 Å². The average Bonchev–Trinajstić information content (AvgIpc) is 2.49. The number of alkyl halides is 1. The highest BCUT2D eigenvalue weighted by molar-refractivity contribution is 6.42. The minimum atomic E-state index is -0.0533. The molecule has 3 heteroatoms. The van der Waals surface area contributed by atoms with Crippen molar-refractivity contribution in [3.05, 3.63) is 69.2 Å². The van der Waals surface area contributed by atoms with Crippen LogP contribution in [-0.4, -0.2) is 0 Å². The first-order valence-electron chi connectivity index (χ1n) is 7.27. The van der Waals surface area contributed by atoms with Gasteiger partial charge in [0.15, 0.2) is 0 Å². The van der Waals surface area contributed by atoms with Gasteiger partial charge in [0.05, 0.1) is 15.4 Å². The van der Waals surface area contributed by atoms with E-state index in [-0.39, 0.29) is 5.38 Å². The van der Waals surface area contributed by atoms with Crippen molar-refractivity contribution in [2.24, 2.45) is 0 Å². The molecule has 112 valence electrons. The van der Waals surface area contributed by atoms with Gasteiger partial charge in [-0.1, -0.05) is 66.9 Å². The van der Waals surface area contributed by atoms with Gasteiger partial charge in [0, 0.05) is 0 Å². The summed E-state index contributed by atoms with van der Waals surface area (Å²) >= 11 is 18.5. The van der Waals surface area contributed by atoms with Gasteiger partial charge in [0.2, 0.25) is 0 Å². The first-order chi connectivity index (χ1) is 10.1. The van der Waals surface area contributed by atoms with Crippen LogP contribution in [-0.2, 0) is 12.8 Å². The second-order valence-electron chi connectivity index (χ2n) is 5.27. The first-order valence-corrected chi connectivity index (χ1v) is 8.46. The van der Waals surface area contributed by atoms with E-state index in [9.17, 15) is 0 Å². The van der Waals surface area contributed by atoms with Gasteiger partial charge in [-0.25, -0.2) is 0 Å². The normalized spacial score (nSPS) is 12.4. The topological polar surface area (TPSA) is 0 Å². The van der Waals surface area contributed by atoms with Gasteiger partial charge in [-0.3, -0.25) is 0 Å². The molecule has 0 radical (unpaired) electrons. The fourth-order valence-electron chi connectivity index (χ4n) is 2.27. The van der Waals surface area contributed by atoms with Crippen molar-refractivity contribution < 1.29 is 0 Å². The molecule has 0 aliphatic rings. The fraction of sp³-hybridized carbons (Fsp3) is 0.333. The molecule has 0 bridgehead atoms. The maximum atomic E-state index is 6.51. The molecule has 2 aromatic carbocycles. The lowest BCUT2D eigenvalue weighted by Crippen LogP contribution is -1.96. The maximum Gasteiger partial charge on any atom is 0.0625 e. The van der Waals surface area contributed by atoms with Crippen LogP contribution in [0, 0.1) is 0 Å². The monoisotopic (exact) mass is 340 g/mol. The highest BCUT2D eigenvalue weighted by Crippen LogP contribution is 2.29. The minimum Gasteiger partial charge on any atom is -0.117 e. The molecule has 0 aromatic heterocycles. The molecule has 0 N–H and O–H groups in total. The molecule has 0 spiro atoms. The van der Waals surface area contributed by atoms with Crippen LogP contribution >= 0.6 is 34.8 Å². The van der Waals surface area contributed by atoms with E-state index in [1.807, 2.05) is 18.2 Å². The number of hydrogen-bond acceptors (Lipinski definition) is 0. The molecule has 0 amide bonds. The summed E-state index contributed by atoms with van der Waals surface area (Å²) in [4.78, 5) is 0. The van der Waals surface area contributed by atoms with Gasteiger partial charge in [-0.2, -0.15) is 0 Å². The highest BCUT2D eigenvalue weighted by atomic mass is 35.5. The summed E-state index contributed by atoms with van der Waals surface area (Å²) in [7, 11) is 0. The smallest absolute Gasteiger partial charge is 0.0625 e. The van der Waals surface area contributed by atoms with Crippen molar-refractivity contribution in [3.8, 4) is 0 Å². The van der Waals surface area contributed by atoms with Crippen molar-refractivity contribution in [2.75, 3.05) is 0 Å². The maximum absolute atomic E-state index is 6.51. The van der Waals surface area contributed by atoms with E-state index >= 15 is 0 Å². The fourth-order valence-corrected chi connectivity index (χ4v) is 2.91. The zero-order valence-corrected chi connectivity index (χ0v) is 14.3. The van der Waals surface area contributed by atoms with E-state index in [0.717, 1.165) is 24.0 Å². The molecular weight excluding hydrogens is 323 g/mol. The Morgan fingerprint density at radius 3 is 2.19 bits per heavy atom. The molecule has 1 unspecified atom stereocenters. The molecular formula is C18H19Cl3. The van der Waals surface area contributed by atoms with Crippen molar-refractivity contribution in [3.63, 3.8) is 0 Å². The van der Waals surface area contributed by atoms with Crippen LogP contribution in [0.3, 0.4) is 0 Å². The van der Waals surface area contributed by atoms with Crippen molar-refractivity contribution >= 4 is 34.8 Å². The molecule has 21 heavy (non-hydrogen) atoms. The lowest BCUT2D eigenvalue weighted by Gasteiger charge is -2.11.